The third-order valence-electron chi connectivity index (χ3n) is 7.75. The predicted molar refractivity (Wildman–Crippen MR) is 179 cm³/mol. The van der Waals surface area contributed by atoms with Crippen molar-refractivity contribution in [3.8, 4) is 11.1 Å². The maximum atomic E-state index is 2.35. The molecular weight excluding hydrogens is 516 g/mol. The van der Waals surface area contributed by atoms with Gasteiger partial charge in [0.1, 0.15) is 0 Å². The third kappa shape index (κ3) is 4.86. The summed E-state index contributed by atoms with van der Waals surface area (Å²) in [5.74, 6) is 0. The Bertz CT molecular complexity index is 1940. The molecule has 0 saturated carbocycles. The van der Waals surface area contributed by atoms with Gasteiger partial charge in [0.25, 0.3) is 0 Å². The number of fused-ring (bicyclic) bond motifs is 3. The van der Waals surface area contributed by atoms with Crippen molar-refractivity contribution in [2.75, 3.05) is 16.8 Å². The molecular formula is C38H30N2S. The lowest BCUT2D eigenvalue weighted by Crippen LogP contribution is -2.09. The Hall–Kier alpha value is -4.86. The van der Waals surface area contributed by atoms with Crippen molar-refractivity contribution in [2.45, 2.75) is 6.92 Å². The number of hydrogen-bond donors (Lipinski definition) is 0. The molecule has 0 unspecified atom stereocenters. The van der Waals surface area contributed by atoms with E-state index in [-0.39, 0.29) is 0 Å². The summed E-state index contributed by atoms with van der Waals surface area (Å²) in [5.41, 5.74) is 9.50. The maximum Gasteiger partial charge on any atom is 0.0468 e. The Morgan fingerprint density at radius 2 is 0.902 bits per heavy atom. The molecule has 0 radical (unpaired) electrons. The van der Waals surface area contributed by atoms with Crippen molar-refractivity contribution < 1.29 is 0 Å². The number of anilines is 5. The summed E-state index contributed by atoms with van der Waals surface area (Å²) in [6, 6.07) is 52.5. The molecule has 0 N–H and O–H groups in total. The molecule has 0 aliphatic carbocycles. The molecule has 1 aromatic heterocycles. The first-order valence-corrected chi connectivity index (χ1v) is 14.7. The lowest BCUT2D eigenvalue weighted by atomic mass is 10.0. The lowest BCUT2D eigenvalue weighted by Gasteiger charge is -2.26. The minimum Gasteiger partial charge on any atom is -0.345 e. The summed E-state index contributed by atoms with van der Waals surface area (Å²) in [6.45, 7) is 2.13. The SMILES string of the molecule is Cc1ccc(-c2ccc(N(c3ccccc3)c3ccc4sc5ccc(N(C)c6ccccc6)cc5c4c3)cc2)cc1. The van der Waals surface area contributed by atoms with E-state index in [0.29, 0.717) is 0 Å². The van der Waals surface area contributed by atoms with E-state index in [1.807, 2.05) is 11.3 Å². The van der Waals surface area contributed by atoms with E-state index in [9.17, 15) is 0 Å². The zero-order chi connectivity index (χ0) is 27.8. The van der Waals surface area contributed by atoms with Gasteiger partial charge in [-0.05, 0) is 90.8 Å². The molecule has 0 bridgehead atoms. The molecule has 3 heteroatoms. The number of rotatable bonds is 6. The molecule has 1 heterocycles. The molecule has 0 atom stereocenters. The molecule has 0 aliphatic heterocycles. The first kappa shape index (κ1) is 25.1. The minimum absolute atomic E-state index is 1.13. The van der Waals surface area contributed by atoms with Crippen LogP contribution in [0.4, 0.5) is 28.4 Å². The summed E-state index contributed by atoms with van der Waals surface area (Å²) < 4.78 is 2.60. The van der Waals surface area contributed by atoms with Crippen LogP contribution in [0.15, 0.2) is 146 Å². The van der Waals surface area contributed by atoms with Crippen LogP contribution in [0.1, 0.15) is 5.56 Å². The molecule has 6 aromatic carbocycles. The van der Waals surface area contributed by atoms with Gasteiger partial charge in [0, 0.05) is 55.7 Å². The van der Waals surface area contributed by atoms with Crippen LogP contribution in [0.2, 0.25) is 0 Å². The van der Waals surface area contributed by atoms with Gasteiger partial charge >= 0.3 is 0 Å². The van der Waals surface area contributed by atoms with Gasteiger partial charge in [0.05, 0.1) is 0 Å². The Morgan fingerprint density at radius 1 is 0.439 bits per heavy atom. The van der Waals surface area contributed by atoms with Crippen molar-refractivity contribution >= 4 is 59.9 Å². The normalized spacial score (nSPS) is 11.2. The van der Waals surface area contributed by atoms with E-state index in [1.165, 1.54) is 48.2 Å². The second-order valence-corrected chi connectivity index (χ2v) is 11.5. The summed E-state index contributed by atoms with van der Waals surface area (Å²) in [6.07, 6.45) is 0. The third-order valence-corrected chi connectivity index (χ3v) is 8.90. The highest BCUT2D eigenvalue weighted by atomic mass is 32.1. The Balaban J connectivity index is 1.32. The van der Waals surface area contributed by atoms with Crippen molar-refractivity contribution in [1.29, 1.82) is 0 Å². The first-order chi connectivity index (χ1) is 20.1. The highest BCUT2D eigenvalue weighted by molar-refractivity contribution is 7.25. The topological polar surface area (TPSA) is 6.48 Å². The number of aryl methyl sites for hydroxylation is 1. The van der Waals surface area contributed by atoms with Gasteiger partial charge in [-0.3, -0.25) is 0 Å². The van der Waals surface area contributed by atoms with Crippen molar-refractivity contribution in [2.24, 2.45) is 0 Å². The zero-order valence-corrected chi connectivity index (χ0v) is 24.0. The van der Waals surface area contributed by atoms with Gasteiger partial charge < -0.3 is 9.80 Å². The van der Waals surface area contributed by atoms with Gasteiger partial charge in [0.2, 0.25) is 0 Å². The molecule has 41 heavy (non-hydrogen) atoms. The Labute approximate surface area is 245 Å². The zero-order valence-electron chi connectivity index (χ0n) is 23.2. The number of thiophene rings is 1. The Morgan fingerprint density at radius 3 is 1.51 bits per heavy atom. The summed E-state index contributed by atoms with van der Waals surface area (Å²) >= 11 is 1.85. The number of benzene rings is 6. The summed E-state index contributed by atoms with van der Waals surface area (Å²) in [4.78, 5) is 4.60. The fourth-order valence-corrected chi connectivity index (χ4v) is 6.54. The van der Waals surface area contributed by atoms with Crippen molar-refractivity contribution in [3.63, 3.8) is 0 Å². The largest absolute Gasteiger partial charge is 0.345 e. The monoisotopic (exact) mass is 546 g/mol. The van der Waals surface area contributed by atoms with Crippen LogP contribution in [0, 0.1) is 6.92 Å². The molecule has 0 saturated heterocycles. The lowest BCUT2D eigenvalue weighted by molar-refractivity contribution is 1.21. The average Bonchev–Trinajstić information content (AvgIpc) is 3.40. The van der Waals surface area contributed by atoms with E-state index >= 15 is 0 Å². The van der Waals surface area contributed by atoms with Crippen LogP contribution in [0.5, 0.6) is 0 Å². The van der Waals surface area contributed by atoms with Crippen LogP contribution in [-0.4, -0.2) is 7.05 Å². The van der Waals surface area contributed by atoms with E-state index in [2.05, 4.69) is 169 Å². The standard InChI is InChI=1S/C38H30N2S/c1-27-13-15-28(16-14-27)29-17-19-32(20-18-29)40(31-11-7-4-8-12-31)34-22-24-38-36(26-34)35-25-33(21-23-37(35)41-38)39(2)30-9-5-3-6-10-30/h3-26H,1-2H3. The molecule has 7 rings (SSSR count). The van der Waals surface area contributed by atoms with E-state index < -0.39 is 0 Å². The molecule has 0 fully saturated rings. The highest BCUT2D eigenvalue weighted by Gasteiger charge is 2.16. The van der Waals surface area contributed by atoms with Gasteiger partial charge in [-0.15, -0.1) is 11.3 Å². The van der Waals surface area contributed by atoms with Gasteiger partial charge in [-0.25, -0.2) is 0 Å². The molecule has 0 amide bonds. The van der Waals surface area contributed by atoms with Crippen LogP contribution in [-0.2, 0) is 0 Å². The predicted octanol–water partition coefficient (Wildman–Crippen LogP) is 11.3. The van der Waals surface area contributed by atoms with Crippen molar-refractivity contribution in [1.82, 2.24) is 0 Å². The smallest absolute Gasteiger partial charge is 0.0468 e. The molecule has 7 aromatic rings. The average molecular weight is 547 g/mol. The second kappa shape index (κ2) is 10.6. The molecule has 0 aliphatic rings. The minimum atomic E-state index is 1.13. The van der Waals surface area contributed by atoms with Crippen LogP contribution in [0.25, 0.3) is 31.3 Å². The second-order valence-electron chi connectivity index (χ2n) is 10.4. The maximum absolute atomic E-state index is 2.35. The summed E-state index contributed by atoms with van der Waals surface area (Å²) in [7, 11) is 2.13. The summed E-state index contributed by atoms with van der Waals surface area (Å²) in [5, 5.41) is 2.57. The van der Waals surface area contributed by atoms with Gasteiger partial charge in [-0.2, -0.15) is 0 Å². The van der Waals surface area contributed by atoms with E-state index in [4.69, 9.17) is 0 Å². The first-order valence-electron chi connectivity index (χ1n) is 13.9. The highest BCUT2D eigenvalue weighted by Crippen LogP contribution is 2.42. The van der Waals surface area contributed by atoms with Crippen LogP contribution in [0.3, 0.4) is 0 Å². The van der Waals surface area contributed by atoms with Crippen LogP contribution >= 0.6 is 11.3 Å². The number of nitrogens with zero attached hydrogens (tertiary/aromatic N) is 2. The van der Waals surface area contributed by atoms with Gasteiger partial charge in [0.15, 0.2) is 0 Å². The number of hydrogen-bond acceptors (Lipinski definition) is 3. The molecule has 2 nitrogen and oxygen atoms in total. The van der Waals surface area contributed by atoms with Gasteiger partial charge in [-0.1, -0.05) is 78.4 Å². The van der Waals surface area contributed by atoms with Crippen molar-refractivity contribution in [3.05, 3.63) is 151 Å². The fraction of sp³-hybridized carbons (Fsp3) is 0.0526. The van der Waals surface area contributed by atoms with E-state index in [1.54, 1.807) is 0 Å². The van der Waals surface area contributed by atoms with Crippen LogP contribution < -0.4 is 9.80 Å². The Kier molecular flexibility index (Phi) is 6.50. The quantitative estimate of drug-likeness (QED) is 0.205. The number of para-hydroxylation sites is 2. The molecule has 198 valence electrons. The van der Waals surface area contributed by atoms with E-state index in [0.717, 1.165) is 17.1 Å². The fourth-order valence-electron chi connectivity index (χ4n) is 5.47. The molecule has 0 spiro atoms.